The predicted molar refractivity (Wildman–Crippen MR) is 115 cm³/mol. The zero-order chi connectivity index (χ0) is 20.1. The minimum absolute atomic E-state index is 0.0546. The molecule has 1 aromatic heterocycles. The second-order valence-corrected chi connectivity index (χ2v) is 7.43. The number of nitriles is 1. The molecule has 0 radical (unpaired) electrons. The molecule has 28 heavy (non-hydrogen) atoms. The Kier molecular flexibility index (Phi) is 6.63. The van der Waals surface area contributed by atoms with Crippen molar-refractivity contribution in [3.05, 3.63) is 64.4 Å². The standard InChI is InChI=1S/C21H22ClN5S/c1-3-25(14-16(2)13-23)15-26-21(28)27(19-7-5-4-6-8-19)20(24-26)17-9-11-18(22)12-10-17/h4-12,16H,3,14-15H2,1-2H3/t16-/m0/s1. The first-order valence-electron chi connectivity index (χ1n) is 9.16. The van der Waals surface area contributed by atoms with Crippen LogP contribution in [0.5, 0.6) is 0 Å². The van der Waals surface area contributed by atoms with Crippen LogP contribution in [0.1, 0.15) is 13.8 Å². The molecule has 5 nitrogen and oxygen atoms in total. The Morgan fingerprint density at radius 3 is 2.46 bits per heavy atom. The fourth-order valence-electron chi connectivity index (χ4n) is 3.00. The Morgan fingerprint density at radius 2 is 1.86 bits per heavy atom. The second-order valence-electron chi connectivity index (χ2n) is 6.62. The number of rotatable bonds is 7. The molecular weight excluding hydrogens is 390 g/mol. The van der Waals surface area contributed by atoms with Gasteiger partial charge in [-0.1, -0.05) is 36.7 Å². The van der Waals surface area contributed by atoms with Gasteiger partial charge in [0, 0.05) is 22.8 Å². The molecular formula is C21H22ClN5S. The van der Waals surface area contributed by atoms with E-state index in [1.54, 1.807) is 0 Å². The summed E-state index contributed by atoms with van der Waals surface area (Å²) in [6, 6.07) is 19.8. The average Bonchev–Trinajstić information content (AvgIpc) is 3.04. The molecule has 0 bridgehead atoms. The van der Waals surface area contributed by atoms with Gasteiger partial charge >= 0.3 is 0 Å². The molecule has 0 N–H and O–H groups in total. The zero-order valence-corrected chi connectivity index (χ0v) is 17.5. The minimum atomic E-state index is -0.0546. The van der Waals surface area contributed by atoms with Crippen molar-refractivity contribution in [2.24, 2.45) is 5.92 Å². The quantitative estimate of drug-likeness (QED) is 0.503. The Hall–Kier alpha value is -2.46. The number of para-hydroxylation sites is 1. The van der Waals surface area contributed by atoms with Crippen molar-refractivity contribution >= 4 is 23.8 Å². The van der Waals surface area contributed by atoms with Crippen molar-refractivity contribution < 1.29 is 0 Å². The van der Waals surface area contributed by atoms with Gasteiger partial charge in [-0.15, -0.1) is 5.10 Å². The fourth-order valence-corrected chi connectivity index (χ4v) is 3.42. The van der Waals surface area contributed by atoms with Crippen molar-refractivity contribution in [3.8, 4) is 23.1 Å². The van der Waals surface area contributed by atoms with E-state index in [2.05, 4.69) is 17.9 Å². The molecule has 0 saturated carbocycles. The molecule has 0 amide bonds. The maximum Gasteiger partial charge on any atom is 0.204 e. The van der Waals surface area contributed by atoms with E-state index in [-0.39, 0.29) is 5.92 Å². The van der Waals surface area contributed by atoms with Crippen molar-refractivity contribution in [3.63, 3.8) is 0 Å². The number of benzene rings is 2. The highest BCUT2D eigenvalue weighted by Gasteiger charge is 2.17. The van der Waals surface area contributed by atoms with Crippen LogP contribution in [-0.4, -0.2) is 32.3 Å². The number of nitrogens with zero attached hydrogens (tertiary/aromatic N) is 5. The third-order valence-corrected chi connectivity index (χ3v) is 5.14. The van der Waals surface area contributed by atoms with Gasteiger partial charge in [0.2, 0.25) is 4.77 Å². The van der Waals surface area contributed by atoms with Gasteiger partial charge in [0.05, 0.1) is 18.7 Å². The molecule has 3 aromatic rings. The van der Waals surface area contributed by atoms with Crippen LogP contribution in [0, 0.1) is 22.0 Å². The summed E-state index contributed by atoms with van der Waals surface area (Å²) in [4.78, 5) is 2.16. The molecule has 0 aliphatic carbocycles. The molecule has 7 heteroatoms. The molecule has 0 aliphatic heterocycles. The average molecular weight is 412 g/mol. The largest absolute Gasteiger partial charge is 0.283 e. The Labute approximate surface area is 175 Å². The van der Waals surface area contributed by atoms with Crippen LogP contribution < -0.4 is 0 Å². The number of hydrogen-bond donors (Lipinski definition) is 0. The second kappa shape index (κ2) is 9.16. The molecule has 0 spiro atoms. The summed E-state index contributed by atoms with van der Waals surface area (Å²) in [6.07, 6.45) is 0. The van der Waals surface area contributed by atoms with E-state index >= 15 is 0 Å². The lowest BCUT2D eigenvalue weighted by atomic mass is 10.2. The topological polar surface area (TPSA) is 49.8 Å². The lowest BCUT2D eigenvalue weighted by Gasteiger charge is -2.20. The van der Waals surface area contributed by atoms with Crippen molar-refractivity contribution in [1.82, 2.24) is 19.2 Å². The summed E-state index contributed by atoms with van der Waals surface area (Å²) >= 11 is 11.8. The van der Waals surface area contributed by atoms with Gasteiger partial charge in [0.25, 0.3) is 0 Å². The number of hydrogen-bond acceptors (Lipinski definition) is 4. The molecule has 1 atom stereocenters. The van der Waals surface area contributed by atoms with E-state index in [1.165, 1.54) is 0 Å². The van der Waals surface area contributed by atoms with E-state index in [9.17, 15) is 0 Å². The first-order chi connectivity index (χ1) is 13.5. The van der Waals surface area contributed by atoms with Crippen molar-refractivity contribution in [1.29, 1.82) is 5.26 Å². The van der Waals surface area contributed by atoms with Gasteiger partial charge in [0.1, 0.15) is 0 Å². The van der Waals surface area contributed by atoms with Crippen LogP contribution in [0.25, 0.3) is 17.1 Å². The SMILES string of the molecule is CCN(C[C@@H](C)C#N)Cn1nc(-c2ccc(Cl)cc2)n(-c2ccccc2)c1=S. The van der Waals surface area contributed by atoms with Crippen LogP contribution in [-0.2, 0) is 6.67 Å². The normalized spacial score (nSPS) is 12.1. The Balaban J connectivity index is 2.06. The highest BCUT2D eigenvalue weighted by atomic mass is 35.5. The smallest absolute Gasteiger partial charge is 0.204 e. The van der Waals surface area contributed by atoms with Gasteiger partial charge in [0.15, 0.2) is 5.82 Å². The summed E-state index contributed by atoms with van der Waals surface area (Å²) < 4.78 is 4.40. The van der Waals surface area contributed by atoms with Crippen LogP contribution >= 0.6 is 23.8 Å². The number of halogens is 1. The van der Waals surface area contributed by atoms with E-state index < -0.39 is 0 Å². The van der Waals surface area contributed by atoms with E-state index in [0.717, 1.165) is 23.6 Å². The zero-order valence-electron chi connectivity index (χ0n) is 15.9. The Bertz CT molecular complexity index is 1020. The summed E-state index contributed by atoms with van der Waals surface area (Å²) in [5, 5.41) is 14.6. The van der Waals surface area contributed by atoms with Gasteiger partial charge in [-0.25, -0.2) is 4.68 Å². The molecule has 3 rings (SSSR count). The molecule has 2 aromatic carbocycles. The molecule has 0 saturated heterocycles. The lowest BCUT2D eigenvalue weighted by Crippen LogP contribution is -2.30. The fraction of sp³-hybridized carbons (Fsp3) is 0.286. The lowest BCUT2D eigenvalue weighted by molar-refractivity contribution is 0.202. The van der Waals surface area contributed by atoms with Gasteiger partial charge in [-0.3, -0.25) is 9.47 Å². The maximum absolute atomic E-state index is 9.13. The van der Waals surface area contributed by atoms with Crippen LogP contribution in [0.3, 0.4) is 0 Å². The summed E-state index contributed by atoms with van der Waals surface area (Å²) in [7, 11) is 0. The van der Waals surface area contributed by atoms with E-state index in [0.29, 0.717) is 23.0 Å². The third kappa shape index (κ3) is 4.50. The van der Waals surface area contributed by atoms with Gasteiger partial charge in [-0.05, 0) is 62.1 Å². The molecule has 1 heterocycles. The summed E-state index contributed by atoms with van der Waals surface area (Å²) in [6.45, 7) is 6.00. The third-order valence-electron chi connectivity index (χ3n) is 4.49. The maximum atomic E-state index is 9.13. The highest BCUT2D eigenvalue weighted by Crippen LogP contribution is 2.24. The first-order valence-corrected chi connectivity index (χ1v) is 9.95. The molecule has 144 valence electrons. The van der Waals surface area contributed by atoms with Crippen molar-refractivity contribution in [2.75, 3.05) is 13.1 Å². The number of aromatic nitrogens is 3. The van der Waals surface area contributed by atoms with E-state index in [1.807, 2.05) is 70.8 Å². The minimum Gasteiger partial charge on any atom is -0.283 e. The Morgan fingerprint density at radius 1 is 1.18 bits per heavy atom. The van der Waals surface area contributed by atoms with Crippen LogP contribution in [0.15, 0.2) is 54.6 Å². The molecule has 0 fully saturated rings. The van der Waals surface area contributed by atoms with Crippen LogP contribution in [0.4, 0.5) is 0 Å². The van der Waals surface area contributed by atoms with Gasteiger partial charge in [-0.2, -0.15) is 5.26 Å². The van der Waals surface area contributed by atoms with E-state index in [4.69, 9.17) is 34.2 Å². The van der Waals surface area contributed by atoms with Gasteiger partial charge < -0.3 is 0 Å². The molecule has 0 aliphatic rings. The predicted octanol–water partition coefficient (Wildman–Crippen LogP) is 5.16. The first kappa shape index (κ1) is 20.3. The molecule has 0 unspecified atom stereocenters. The van der Waals surface area contributed by atoms with Crippen LogP contribution in [0.2, 0.25) is 5.02 Å². The summed E-state index contributed by atoms with van der Waals surface area (Å²) in [5.74, 6) is 0.707. The van der Waals surface area contributed by atoms with Crippen molar-refractivity contribution in [2.45, 2.75) is 20.5 Å². The monoisotopic (exact) mass is 411 g/mol. The summed E-state index contributed by atoms with van der Waals surface area (Å²) in [5.41, 5.74) is 1.89. The highest BCUT2D eigenvalue weighted by molar-refractivity contribution is 7.71.